The van der Waals surface area contributed by atoms with Crippen LogP contribution < -0.4 is 4.74 Å². The Morgan fingerprint density at radius 2 is 1.90 bits per heavy atom. The van der Waals surface area contributed by atoms with Gasteiger partial charge in [0.1, 0.15) is 17.2 Å². The number of imidazole rings is 1. The molecule has 0 N–H and O–H groups in total. The van der Waals surface area contributed by atoms with Crippen molar-refractivity contribution in [3.8, 4) is 17.0 Å². The first-order chi connectivity index (χ1) is 9.56. The molecule has 3 rings (SSSR count). The van der Waals surface area contributed by atoms with Gasteiger partial charge in [-0.2, -0.15) is 0 Å². The lowest BCUT2D eigenvalue weighted by Crippen LogP contribution is -1.88. The summed E-state index contributed by atoms with van der Waals surface area (Å²) >= 11 is 0. The van der Waals surface area contributed by atoms with Gasteiger partial charge in [0.25, 0.3) is 0 Å². The average molecular weight is 270 g/mol. The molecule has 0 amide bonds. The quantitative estimate of drug-likeness (QED) is 0.708. The van der Waals surface area contributed by atoms with Crippen molar-refractivity contribution in [2.45, 2.75) is 13.8 Å². The van der Waals surface area contributed by atoms with Crippen LogP contribution in [0.5, 0.6) is 5.75 Å². The molecule has 1 aromatic carbocycles. The van der Waals surface area contributed by atoms with Crippen molar-refractivity contribution >= 4 is 5.65 Å². The number of nitrogens with zero attached hydrogens (tertiary/aromatic N) is 2. The van der Waals surface area contributed by atoms with Gasteiger partial charge in [-0.25, -0.2) is 9.37 Å². The van der Waals surface area contributed by atoms with Crippen LogP contribution in [0.3, 0.4) is 0 Å². The van der Waals surface area contributed by atoms with Crippen molar-refractivity contribution in [1.29, 1.82) is 0 Å². The molecule has 102 valence electrons. The fourth-order valence-corrected chi connectivity index (χ4v) is 2.38. The van der Waals surface area contributed by atoms with Crippen molar-refractivity contribution in [2.24, 2.45) is 0 Å². The summed E-state index contributed by atoms with van der Waals surface area (Å²) in [5, 5.41) is 0. The van der Waals surface area contributed by atoms with Crippen LogP contribution in [0, 0.1) is 19.7 Å². The van der Waals surface area contributed by atoms with Crippen LogP contribution in [0.2, 0.25) is 0 Å². The van der Waals surface area contributed by atoms with E-state index >= 15 is 0 Å². The molecule has 3 nitrogen and oxygen atoms in total. The van der Waals surface area contributed by atoms with E-state index in [2.05, 4.69) is 4.98 Å². The summed E-state index contributed by atoms with van der Waals surface area (Å²) in [6, 6.07) is 7.42. The first-order valence-electron chi connectivity index (χ1n) is 6.38. The lowest BCUT2D eigenvalue weighted by atomic mass is 10.1. The van der Waals surface area contributed by atoms with Crippen molar-refractivity contribution in [1.82, 2.24) is 9.38 Å². The van der Waals surface area contributed by atoms with Crippen molar-refractivity contribution in [3.63, 3.8) is 0 Å². The maximum Gasteiger partial charge on any atom is 0.140 e. The summed E-state index contributed by atoms with van der Waals surface area (Å²) in [6.07, 6.45) is 3.27. The van der Waals surface area contributed by atoms with Gasteiger partial charge in [0, 0.05) is 18.0 Å². The zero-order valence-corrected chi connectivity index (χ0v) is 11.6. The molecule has 0 aliphatic rings. The molecule has 0 saturated carbocycles. The Morgan fingerprint density at radius 1 is 1.10 bits per heavy atom. The first-order valence-corrected chi connectivity index (χ1v) is 6.38. The maximum atomic E-state index is 13.4. The minimum absolute atomic E-state index is 0.263. The predicted octanol–water partition coefficient (Wildman–Crippen LogP) is 3.77. The fraction of sp³-hybridized carbons (Fsp3) is 0.188. The van der Waals surface area contributed by atoms with Crippen LogP contribution in [-0.4, -0.2) is 16.5 Å². The minimum Gasteiger partial charge on any atom is -0.497 e. The van der Waals surface area contributed by atoms with Gasteiger partial charge >= 0.3 is 0 Å². The number of ether oxygens (including phenoxy) is 1. The molecule has 0 atom stereocenters. The summed E-state index contributed by atoms with van der Waals surface area (Å²) < 4.78 is 20.4. The van der Waals surface area contributed by atoms with Crippen LogP contribution in [0.15, 0.2) is 36.7 Å². The van der Waals surface area contributed by atoms with Gasteiger partial charge in [-0.15, -0.1) is 0 Å². The molecule has 0 unspecified atom stereocenters. The summed E-state index contributed by atoms with van der Waals surface area (Å²) in [5.74, 6) is 0.528. The van der Waals surface area contributed by atoms with E-state index in [9.17, 15) is 4.39 Å². The topological polar surface area (TPSA) is 26.5 Å². The van der Waals surface area contributed by atoms with Crippen LogP contribution in [-0.2, 0) is 0 Å². The highest BCUT2D eigenvalue weighted by Crippen LogP contribution is 2.26. The number of aryl methyl sites for hydroxylation is 2. The van der Waals surface area contributed by atoms with E-state index in [4.69, 9.17) is 4.74 Å². The summed E-state index contributed by atoms with van der Waals surface area (Å²) in [7, 11) is 1.64. The van der Waals surface area contributed by atoms with E-state index in [0.29, 0.717) is 0 Å². The second-order valence-electron chi connectivity index (χ2n) is 4.94. The highest BCUT2D eigenvalue weighted by Gasteiger charge is 2.09. The maximum absolute atomic E-state index is 13.4. The largest absolute Gasteiger partial charge is 0.497 e. The number of rotatable bonds is 2. The number of hydrogen-bond acceptors (Lipinski definition) is 2. The van der Waals surface area contributed by atoms with E-state index in [1.54, 1.807) is 11.5 Å². The molecule has 20 heavy (non-hydrogen) atoms. The highest BCUT2D eigenvalue weighted by atomic mass is 19.1. The van der Waals surface area contributed by atoms with E-state index in [-0.39, 0.29) is 5.82 Å². The molecule has 4 heteroatoms. The Labute approximate surface area is 116 Å². The zero-order valence-electron chi connectivity index (χ0n) is 11.6. The fourth-order valence-electron chi connectivity index (χ4n) is 2.38. The molecule has 0 aliphatic carbocycles. The number of hydrogen-bond donors (Lipinski definition) is 0. The Balaban J connectivity index is 2.19. The second kappa shape index (κ2) is 4.63. The average Bonchev–Trinajstić information content (AvgIpc) is 2.82. The number of fused-ring (bicyclic) bond motifs is 1. The van der Waals surface area contributed by atoms with E-state index in [0.717, 1.165) is 33.8 Å². The molecule has 0 fully saturated rings. The number of pyridine rings is 1. The van der Waals surface area contributed by atoms with Gasteiger partial charge in [0.15, 0.2) is 0 Å². The number of halogens is 1. The van der Waals surface area contributed by atoms with Gasteiger partial charge in [0.2, 0.25) is 0 Å². The van der Waals surface area contributed by atoms with Gasteiger partial charge in [-0.05, 0) is 49.2 Å². The van der Waals surface area contributed by atoms with Gasteiger partial charge in [0.05, 0.1) is 12.8 Å². The SMILES string of the molecule is COc1cc(C)cc(-c2cn3cc(F)cc(C)c3n2)c1. The molecule has 0 saturated heterocycles. The molecule has 3 aromatic rings. The summed E-state index contributed by atoms with van der Waals surface area (Å²) in [4.78, 5) is 4.58. The van der Waals surface area contributed by atoms with Crippen molar-refractivity contribution in [2.75, 3.05) is 7.11 Å². The third-order valence-corrected chi connectivity index (χ3v) is 3.28. The third-order valence-electron chi connectivity index (χ3n) is 3.28. The smallest absolute Gasteiger partial charge is 0.140 e. The lowest BCUT2D eigenvalue weighted by molar-refractivity contribution is 0.414. The number of aromatic nitrogens is 2. The molecule has 0 aliphatic heterocycles. The van der Waals surface area contributed by atoms with Crippen LogP contribution in [0.25, 0.3) is 16.9 Å². The Hall–Kier alpha value is -2.36. The summed E-state index contributed by atoms with van der Waals surface area (Å²) in [5.41, 5.74) is 4.45. The number of methoxy groups -OCH3 is 1. The van der Waals surface area contributed by atoms with Crippen molar-refractivity contribution < 1.29 is 9.13 Å². The molecule has 0 radical (unpaired) electrons. The van der Waals surface area contributed by atoms with Crippen LogP contribution in [0.4, 0.5) is 4.39 Å². The van der Waals surface area contributed by atoms with Crippen molar-refractivity contribution in [3.05, 3.63) is 53.6 Å². The molecule has 2 aromatic heterocycles. The standard InChI is InChI=1S/C16H15FN2O/c1-10-4-12(7-14(5-10)20-3)15-9-19-8-13(17)6-11(2)16(19)18-15/h4-9H,1-3H3. The normalized spacial score (nSPS) is 11.0. The molecular weight excluding hydrogens is 255 g/mol. The lowest BCUT2D eigenvalue weighted by Gasteiger charge is -2.04. The number of benzene rings is 1. The van der Waals surface area contributed by atoms with E-state index in [1.165, 1.54) is 12.3 Å². The van der Waals surface area contributed by atoms with E-state index in [1.807, 2.05) is 38.2 Å². The molecule has 0 spiro atoms. The second-order valence-corrected chi connectivity index (χ2v) is 4.94. The molecule has 0 bridgehead atoms. The summed E-state index contributed by atoms with van der Waals surface area (Å²) in [6.45, 7) is 3.86. The van der Waals surface area contributed by atoms with Gasteiger partial charge in [-0.1, -0.05) is 0 Å². The van der Waals surface area contributed by atoms with Crippen LogP contribution >= 0.6 is 0 Å². The predicted molar refractivity (Wildman–Crippen MR) is 76.6 cm³/mol. The zero-order chi connectivity index (χ0) is 14.3. The minimum atomic E-state index is -0.263. The van der Waals surface area contributed by atoms with Crippen LogP contribution in [0.1, 0.15) is 11.1 Å². The van der Waals surface area contributed by atoms with Gasteiger partial charge in [-0.3, -0.25) is 0 Å². The van der Waals surface area contributed by atoms with E-state index < -0.39 is 0 Å². The Bertz CT molecular complexity index is 793. The molecule has 2 heterocycles. The molecular formula is C16H15FN2O. The Kier molecular flexibility index (Phi) is 2.93. The third kappa shape index (κ3) is 2.13. The monoisotopic (exact) mass is 270 g/mol. The van der Waals surface area contributed by atoms with Gasteiger partial charge < -0.3 is 9.14 Å². The Morgan fingerprint density at radius 3 is 2.65 bits per heavy atom. The highest BCUT2D eigenvalue weighted by molar-refractivity contribution is 5.66. The first kappa shape index (κ1) is 12.7.